The van der Waals surface area contributed by atoms with Gasteiger partial charge in [-0.15, -0.1) is 33.2 Å². The molecular weight excluding hydrogens is 411 g/mol. The Kier molecular flexibility index (Phi) is 10.7. The van der Waals surface area contributed by atoms with Crippen molar-refractivity contribution in [3.05, 3.63) is 34.9 Å². The minimum Gasteiger partial charge on any atom is -0.496 e. The Bertz CT molecular complexity index is 613. The standard InChI is InChI=1S/C19H27Cl3O3Si/c1-3-8-16-13-15(10-11-18(16)25-2)14-17(19(23)24)9-6-4-5-7-12-26(20,21)22/h10-11,13-14H,3-9,12H2,1-2H3,(H,23,24)/b17-14+. The number of rotatable bonds is 12. The summed E-state index contributed by atoms with van der Waals surface area (Å²) in [5.74, 6) is -0.0232. The van der Waals surface area contributed by atoms with Crippen LogP contribution >= 0.6 is 33.2 Å². The van der Waals surface area contributed by atoms with Crippen LogP contribution in [0, 0.1) is 0 Å². The first-order valence-corrected chi connectivity index (χ1v) is 14.2. The lowest BCUT2D eigenvalue weighted by Gasteiger charge is -2.10. The Balaban J connectivity index is 2.66. The normalized spacial score (nSPS) is 12.3. The maximum atomic E-state index is 11.5. The maximum Gasteiger partial charge on any atom is 0.341 e. The predicted octanol–water partition coefficient (Wildman–Crippen LogP) is 6.72. The fraction of sp³-hybridized carbons (Fsp3) is 0.526. The van der Waals surface area contributed by atoms with Crippen molar-refractivity contribution in [2.45, 2.75) is 57.9 Å². The van der Waals surface area contributed by atoms with Gasteiger partial charge in [-0.2, -0.15) is 0 Å². The predicted molar refractivity (Wildman–Crippen MR) is 114 cm³/mol. The molecule has 0 aromatic heterocycles. The van der Waals surface area contributed by atoms with Crippen molar-refractivity contribution >= 4 is 51.3 Å². The van der Waals surface area contributed by atoms with E-state index in [2.05, 4.69) is 6.92 Å². The molecule has 0 radical (unpaired) electrons. The summed E-state index contributed by atoms with van der Waals surface area (Å²) >= 11 is 17.6. The van der Waals surface area contributed by atoms with E-state index in [0.717, 1.165) is 55.4 Å². The van der Waals surface area contributed by atoms with Crippen LogP contribution < -0.4 is 4.74 Å². The maximum absolute atomic E-state index is 11.5. The van der Waals surface area contributed by atoms with Gasteiger partial charge in [0.1, 0.15) is 5.75 Å². The first-order valence-electron chi connectivity index (χ1n) is 8.94. The second-order valence-electron chi connectivity index (χ2n) is 6.33. The van der Waals surface area contributed by atoms with Crippen LogP contribution in [0.25, 0.3) is 6.08 Å². The zero-order valence-electron chi connectivity index (χ0n) is 15.4. The van der Waals surface area contributed by atoms with Crippen LogP contribution in [0.4, 0.5) is 0 Å². The fourth-order valence-corrected chi connectivity index (χ4v) is 4.64. The van der Waals surface area contributed by atoms with Crippen molar-refractivity contribution in [3.63, 3.8) is 0 Å². The van der Waals surface area contributed by atoms with Gasteiger partial charge in [-0.3, -0.25) is 0 Å². The van der Waals surface area contributed by atoms with E-state index in [0.29, 0.717) is 18.0 Å². The number of ether oxygens (including phenoxy) is 1. The quantitative estimate of drug-likeness (QED) is 0.171. The third-order valence-electron chi connectivity index (χ3n) is 4.10. The Morgan fingerprint density at radius 2 is 1.88 bits per heavy atom. The Morgan fingerprint density at radius 3 is 2.46 bits per heavy atom. The van der Waals surface area contributed by atoms with Crippen LogP contribution in [0.2, 0.25) is 6.04 Å². The van der Waals surface area contributed by atoms with E-state index in [1.807, 2.05) is 18.2 Å². The smallest absolute Gasteiger partial charge is 0.341 e. The zero-order chi connectivity index (χ0) is 19.6. The summed E-state index contributed by atoms with van der Waals surface area (Å²) in [7, 11) is 1.65. The molecule has 0 aliphatic rings. The summed E-state index contributed by atoms with van der Waals surface area (Å²) in [6.45, 7) is 2.11. The molecule has 7 heteroatoms. The highest BCUT2D eigenvalue weighted by Crippen LogP contribution is 2.28. The average Bonchev–Trinajstić information content (AvgIpc) is 2.56. The van der Waals surface area contributed by atoms with Crippen LogP contribution in [-0.2, 0) is 11.2 Å². The molecule has 0 spiro atoms. The number of methoxy groups -OCH3 is 1. The highest BCUT2D eigenvalue weighted by molar-refractivity contribution is 7.64. The molecular formula is C19H27Cl3O3Si. The molecule has 0 amide bonds. The summed E-state index contributed by atoms with van der Waals surface area (Å²) in [6, 6.07) is 3.94. The molecule has 0 saturated heterocycles. The van der Waals surface area contributed by atoms with E-state index < -0.39 is 12.0 Å². The van der Waals surface area contributed by atoms with Gasteiger partial charge in [-0.05, 0) is 54.6 Å². The molecule has 1 aromatic rings. The fourth-order valence-electron chi connectivity index (χ4n) is 2.79. The number of benzene rings is 1. The van der Waals surface area contributed by atoms with Crippen molar-refractivity contribution in [1.29, 1.82) is 0 Å². The number of carboxylic acids is 1. The lowest BCUT2D eigenvalue weighted by Crippen LogP contribution is -2.07. The second kappa shape index (κ2) is 11.9. The average molecular weight is 438 g/mol. The number of aryl methyl sites for hydroxylation is 1. The third kappa shape index (κ3) is 9.31. The minimum atomic E-state index is -2.53. The monoisotopic (exact) mass is 436 g/mol. The molecule has 0 saturated carbocycles. The van der Waals surface area contributed by atoms with E-state index in [1.54, 1.807) is 13.2 Å². The molecule has 0 unspecified atom stereocenters. The minimum absolute atomic E-state index is 0.424. The largest absolute Gasteiger partial charge is 0.496 e. The summed E-state index contributed by atoms with van der Waals surface area (Å²) in [6.07, 6.45) is 7.79. The van der Waals surface area contributed by atoms with Crippen LogP contribution in [0.5, 0.6) is 5.75 Å². The van der Waals surface area contributed by atoms with Crippen molar-refractivity contribution < 1.29 is 14.6 Å². The van der Waals surface area contributed by atoms with Gasteiger partial charge in [-0.1, -0.05) is 38.7 Å². The van der Waals surface area contributed by atoms with E-state index in [-0.39, 0.29) is 0 Å². The molecule has 146 valence electrons. The third-order valence-corrected chi connectivity index (χ3v) is 6.72. The number of carbonyl (C=O) groups is 1. The summed E-state index contributed by atoms with van der Waals surface area (Å²) in [5.41, 5.74) is 2.42. The van der Waals surface area contributed by atoms with E-state index >= 15 is 0 Å². The molecule has 1 rings (SSSR count). The number of aliphatic carboxylic acids is 1. The van der Waals surface area contributed by atoms with Gasteiger partial charge in [0.25, 0.3) is 0 Å². The molecule has 0 aliphatic heterocycles. The van der Waals surface area contributed by atoms with Gasteiger partial charge in [0, 0.05) is 5.57 Å². The number of unbranched alkanes of at least 4 members (excludes halogenated alkanes) is 3. The highest BCUT2D eigenvalue weighted by atomic mass is 35.8. The van der Waals surface area contributed by atoms with Crippen LogP contribution in [0.1, 0.15) is 56.6 Å². The second-order valence-corrected chi connectivity index (χ2v) is 15.6. The molecule has 0 fully saturated rings. The molecule has 1 N–H and O–H groups in total. The number of halogens is 3. The van der Waals surface area contributed by atoms with Gasteiger partial charge < -0.3 is 9.84 Å². The van der Waals surface area contributed by atoms with Crippen molar-refractivity contribution in [1.82, 2.24) is 0 Å². The first-order chi connectivity index (χ1) is 12.3. The number of hydrogen-bond donors (Lipinski definition) is 1. The molecule has 26 heavy (non-hydrogen) atoms. The van der Waals surface area contributed by atoms with Crippen LogP contribution in [0.3, 0.4) is 0 Å². The van der Waals surface area contributed by atoms with Gasteiger partial charge in [0.05, 0.1) is 7.11 Å². The molecule has 0 aliphatic carbocycles. The van der Waals surface area contributed by atoms with E-state index in [4.69, 9.17) is 38.0 Å². The van der Waals surface area contributed by atoms with Crippen molar-refractivity contribution in [2.75, 3.05) is 7.11 Å². The van der Waals surface area contributed by atoms with E-state index in [9.17, 15) is 9.90 Å². The Morgan fingerprint density at radius 1 is 1.19 bits per heavy atom. The highest BCUT2D eigenvalue weighted by Gasteiger charge is 2.23. The van der Waals surface area contributed by atoms with Gasteiger partial charge in [0.2, 0.25) is 0 Å². The first kappa shape index (κ1) is 23.4. The Labute approximate surface area is 171 Å². The number of hydrogen-bond acceptors (Lipinski definition) is 2. The lowest BCUT2D eigenvalue weighted by molar-refractivity contribution is -0.132. The van der Waals surface area contributed by atoms with Crippen LogP contribution in [-0.4, -0.2) is 24.2 Å². The molecule has 0 heterocycles. The molecule has 0 bridgehead atoms. The van der Waals surface area contributed by atoms with Gasteiger partial charge in [0.15, 0.2) is 0 Å². The van der Waals surface area contributed by atoms with E-state index in [1.165, 1.54) is 0 Å². The Hall–Kier alpha value is -0.683. The topological polar surface area (TPSA) is 46.5 Å². The molecule has 0 atom stereocenters. The van der Waals surface area contributed by atoms with Crippen LogP contribution in [0.15, 0.2) is 23.8 Å². The molecule has 3 nitrogen and oxygen atoms in total. The number of carboxylic acid groups (broad SMARTS) is 1. The van der Waals surface area contributed by atoms with Crippen molar-refractivity contribution in [3.8, 4) is 5.75 Å². The van der Waals surface area contributed by atoms with Gasteiger partial charge >= 0.3 is 12.0 Å². The SMILES string of the molecule is CCCc1cc(/C=C(\CCCCCC[Si](Cl)(Cl)Cl)C(=O)O)ccc1OC. The zero-order valence-corrected chi connectivity index (χ0v) is 18.6. The van der Waals surface area contributed by atoms with Gasteiger partial charge in [-0.25, -0.2) is 4.79 Å². The molecule has 1 aromatic carbocycles. The lowest BCUT2D eigenvalue weighted by atomic mass is 10.0. The van der Waals surface area contributed by atoms with Crippen molar-refractivity contribution in [2.24, 2.45) is 0 Å². The summed E-state index contributed by atoms with van der Waals surface area (Å²) in [5, 5.41) is 9.48. The summed E-state index contributed by atoms with van der Waals surface area (Å²) in [4.78, 5) is 11.5. The summed E-state index contributed by atoms with van der Waals surface area (Å²) < 4.78 is 5.37.